The fourth-order valence-electron chi connectivity index (χ4n) is 3.41. The number of hydrogen-bond donors (Lipinski definition) is 2. The highest BCUT2D eigenvalue weighted by Gasteiger charge is 2.31. The summed E-state index contributed by atoms with van der Waals surface area (Å²) < 4.78 is 5.35. The molecule has 3 rings (SSSR count). The number of hydrogen-bond acceptors (Lipinski definition) is 5. The Kier molecular flexibility index (Phi) is 7.48. The Balaban J connectivity index is 1.54. The molecule has 32 heavy (non-hydrogen) atoms. The molecule has 0 unspecified atom stereocenters. The van der Waals surface area contributed by atoms with Crippen LogP contribution in [0.4, 0.5) is 5.69 Å². The van der Waals surface area contributed by atoms with Gasteiger partial charge in [-0.2, -0.15) is 0 Å². The van der Waals surface area contributed by atoms with Gasteiger partial charge in [-0.05, 0) is 68.3 Å². The minimum absolute atomic E-state index is 0.177. The number of nitrogens with zero attached hydrogens (tertiary/aromatic N) is 1. The summed E-state index contributed by atoms with van der Waals surface area (Å²) in [5.74, 6) is -2.28. The van der Waals surface area contributed by atoms with Gasteiger partial charge in [0.1, 0.15) is 0 Å². The van der Waals surface area contributed by atoms with Crippen molar-refractivity contribution in [3.05, 3.63) is 64.7 Å². The lowest BCUT2D eigenvalue weighted by Gasteiger charge is -2.32. The first-order valence-electron chi connectivity index (χ1n) is 10.2. The van der Waals surface area contributed by atoms with E-state index in [0.717, 1.165) is 0 Å². The van der Waals surface area contributed by atoms with E-state index in [4.69, 9.17) is 22.1 Å². The van der Waals surface area contributed by atoms with Gasteiger partial charge in [-0.1, -0.05) is 11.6 Å². The zero-order valence-corrected chi connectivity index (χ0v) is 18.3. The minimum Gasteiger partial charge on any atom is -0.452 e. The van der Waals surface area contributed by atoms with Crippen molar-refractivity contribution in [3.8, 4) is 0 Å². The van der Waals surface area contributed by atoms with E-state index in [1.54, 1.807) is 29.2 Å². The van der Waals surface area contributed by atoms with E-state index in [2.05, 4.69) is 5.32 Å². The fraction of sp³-hybridized carbons (Fsp3) is 0.304. The number of piperidine rings is 1. The van der Waals surface area contributed by atoms with E-state index in [1.165, 1.54) is 31.2 Å². The fourth-order valence-corrected chi connectivity index (χ4v) is 3.54. The molecule has 1 heterocycles. The van der Waals surface area contributed by atoms with Crippen LogP contribution in [-0.4, -0.2) is 47.8 Å². The third kappa shape index (κ3) is 5.85. The van der Waals surface area contributed by atoms with Crippen LogP contribution in [0.15, 0.2) is 48.5 Å². The molecule has 8 nitrogen and oxygen atoms in total. The van der Waals surface area contributed by atoms with Gasteiger partial charge < -0.3 is 20.7 Å². The van der Waals surface area contributed by atoms with Crippen LogP contribution in [0.1, 0.15) is 40.5 Å². The molecular weight excluding hydrogens is 434 g/mol. The topological polar surface area (TPSA) is 119 Å². The third-order valence-corrected chi connectivity index (χ3v) is 5.48. The summed E-state index contributed by atoms with van der Waals surface area (Å²) in [4.78, 5) is 50.5. The molecule has 0 spiro atoms. The minimum atomic E-state index is -1.03. The lowest BCUT2D eigenvalue weighted by molar-refractivity contribution is -0.158. The number of rotatable bonds is 6. The highest BCUT2D eigenvalue weighted by atomic mass is 35.5. The number of amides is 3. The number of carbonyl (C=O) groups is 4. The van der Waals surface area contributed by atoms with Crippen LogP contribution in [0.25, 0.3) is 0 Å². The van der Waals surface area contributed by atoms with Crippen molar-refractivity contribution in [2.75, 3.05) is 18.4 Å². The van der Waals surface area contributed by atoms with E-state index in [-0.39, 0.29) is 12.5 Å². The highest BCUT2D eigenvalue weighted by Crippen LogP contribution is 2.21. The summed E-state index contributed by atoms with van der Waals surface area (Å²) in [5.41, 5.74) is 6.45. The standard InChI is InChI=1S/C23H24ClN3O5/c1-14(21(29)26-19-10-6-15(7-11-19)20(25)28)32-23(31)17-3-2-12-27(13-17)22(30)16-4-8-18(24)9-5-16/h4-11,14,17H,2-3,12-13H2,1H3,(H2,25,28)(H,26,29)/t14-,17-/m1/s1. The second kappa shape index (κ2) is 10.3. The largest absolute Gasteiger partial charge is 0.452 e. The van der Waals surface area contributed by atoms with Crippen molar-refractivity contribution >= 4 is 41.0 Å². The third-order valence-electron chi connectivity index (χ3n) is 5.23. The molecule has 0 radical (unpaired) electrons. The maximum Gasteiger partial charge on any atom is 0.311 e. The summed E-state index contributed by atoms with van der Waals surface area (Å²) in [6, 6.07) is 12.6. The van der Waals surface area contributed by atoms with Crippen LogP contribution < -0.4 is 11.1 Å². The number of anilines is 1. The molecule has 2 atom stereocenters. The summed E-state index contributed by atoms with van der Waals surface area (Å²) >= 11 is 5.87. The first-order valence-corrected chi connectivity index (χ1v) is 10.6. The normalized spacial score (nSPS) is 16.7. The molecule has 0 bridgehead atoms. The van der Waals surface area contributed by atoms with Gasteiger partial charge in [0.2, 0.25) is 5.91 Å². The number of carbonyl (C=O) groups excluding carboxylic acids is 4. The lowest BCUT2D eigenvalue weighted by Crippen LogP contribution is -2.44. The number of halogens is 1. The van der Waals surface area contributed by atoms with E-state index in [0.29, 0.717) is 41.2 Å². The zero-order chi connectivity index (χ0) is 23.3. The van der Waals surface area contributed by atoms with Crippen LogP contribution in [0.3, 0.4) is 0 Å². The number of primary amides is 1. The number of nitrogens with one attached hydrogen (secondary N) is 1. The van der Waals surface area contributed by atoms with Crippen molar-refractivity contribution in [2.24, 2.45) is 11.7 Å². The van der Waals surface area contributed by atoms with Crippen molar-refractivity contribution in [3.63, 3.8) is 0 Å². The first kappa shape index (κ1) is 23.3. The van der Waals surface area contributed by atoms with Crippen LogP contribution in [0.5, 0.6) is 0 Å². The smallest absolute Gasteiger partial charge is 0.311 e. The van der Waals surface area contributed by atoms with E-state index >= 15 is 0 Å². The second-order valence-corrected chi connectivity index (χ2v) is 8.04. The van der Waals surface area contributed by atoms with Gasteiger partial charge in [-0.15, -0.1) is 0 Å². The van der Waals surface area contributed by atoms with Gasteiger partial charge in [0.25, 0.3) is 11.8 Å². The Morgan fingerprint density at radius 2 is 1.69 bits per heavy atom. The maximum absolute atomic E-state index is 12.7. The summed E-state index contributed by atoms with van der Waals surface area (Å²) in [5, 5.41) is 3.17. The molecule has 0 saturated carbocycles. The van der Waals surface area contributed by atoms with E-state index in [1.807, 2.05) is 0 Å². The molecule has 168 valence electrons. The predicted octanol–water partition coefficient (Wildman–Crippen LogP) is 2.86. The van der Waals surface area contributed by atoms with Gasteiger partial charge in [0, 0.05) is 34.9 Å². The molecule has 0 aliphatic carbocycles. The van der Waals surface area contributed by atoms with Gasteiger partial charge in [-0.3, -0.25) is 19.2 Å². The first-order chi connectivity index (χ1) is 15.2. The van der Waals surface area contributed by atoms with Crippen LogP contribution in [0, 0.1) is 5.92 Å². The Hall–Kier alpha value is -3.39. The Bertz CT molecular complexity index is 1010. The Labute approximate surface area is 190 Å². The van der Waals surface area contributed by atoms with Crippen molar-refractivity contribution in [1.29, 1.82) is 0 Å². The molecule has 2 aromatic carbocycles. The number of ether oxygens (including phenoxy) is 1. The lowest BCUT2D eigenvalue weighted by atomic mass is 9.97. The molecule has 0 aromatic heterocycles. The maximum atomic E-state index is 12.7. The molecule has 3 N–H and O–H groups in total. The van der Waals surface area contributed by atoms with Crippen molar-refractivity contribution in [1.82, 2.24) is 4.90 Å². The zero-order valence-electron chi connectivity index (χ0n) is 17.5. The van der Waals surface area contributed by atoms with Crippen molar-refractivity contribution < 1.29 is 23.9 Å². The summed E-state index contributed by atoms with van der Waals surface area (Å²) in [6.45, 7) is 2.25. The SMILES string of the molecule is C[C@@H](OC(=O)[C@@H]1CCCN(C(=O)c2ccc(Cl)cc2)C1)C(=O)Nc1ccc(C(N)=O)cc1. The molecule has 3 amide bonds. The van der Waals surface area contributed by atoms with E-state index < -0.39 is 29.8 Å². The molecule has 1 fully saturated rings. The molecule has 2 aromatic rings. The molecule has 1 aliphatic heterocycles. The molecule has 1 aliphatic rings. The summed E-state index contributed by atoms with van der Waals surface area (Å²) in [6.07, 6.45) is 0.207. The summed E-state index contributed by atoms with van der Waals surface area (Å²) in [7, 11) is 0. The van der Waals surface area contributed by atoms with E-state index in [9.17, 15) is 19.2 Å². The number of likely N-dealkylation sites (tertiary alicyclic amines) is 1. The van der Waals surface area contributed by atoms with Gasteiger partial charge in [-0.25, -0.2) is 0 Å². The average molecular weight is 458 g/mol. The highest BCUT2D eigenvalue weighted by molar-refractivity contribution is 6.30. The monoisotopic (exact) mass is 457 g/mol. The van der Waals surface area contributed by atoms with Crippen LogP contribution in [-0.2, 0) is 14.3 Å². The molecular formula is C23H24ClN3O5. The van der Waals surface area contributed by atoms with Crippen molar-refractivity contribution in [2.45, 2.75) is 25.9 Å². The van der Waals surface area contributed by atoms with Crippen LogP contribution in [0.2, 0.25) is 5.02 Å². The molecule has 9 heteroatoms. The Morgan fingerprint density at radius 1 is 1.06 bits per heavy atom. The molecule has 1 saturated heterocycles. The van der Waals surface area contributed by atoms with Gasteiger partial charge >= 0.3 is 5.97 Å². The van der Waals surface area contributed by atoms with Gasteiger partial charge in [0.15, 0.2) is 6.10 Å². The number of nitrogens with two attached hydrogens (primary N) is 1. The Morgan fingerprint density at radius 3 is 2.31 bits per heavy atom. The number of benzene rings is 2. The van der Waals surface area contributed by atoms with Gasteiger partial charge in [0.05, 0.1) is 5.92 Å². The number of esters is 1. The quantitative estimate of drug-likeness (QED) is 0.646. The predicted molar refractivity (Wildman–Crippen MR) is 119 cm³/mol. The second-order valence-electron chi connectivity index (χ2n) is 7.61. The average Bonchev–Trinajstić information content (AvgIpc) is 2.79. The van der Waals surface area contributed by atoms with Crippen LogP contribution >= 0.6 is 11.6 Å².